The van der Waals surface area contributed by atoms with Crippen LogP contribution in [0.4, 0.5) is 18.9 Å². The van der Waals surface area contributed by atoms with Crippen molar-refractivity contribution in [2.75, 3.05) is 12.3 Å². The van der Waals surface area contributed by atoms with Gasteiger partial charge in [0.2, 0.25) is 0 Å². The summed E-state index contributed by atoms with van der Waals surface area (Å²) in [5.41, 5.74) is 7.46. The monoisotopic (exact) mass is 389 g/mol. The molecule has 0 saturated heterocycles. The maximum atomic E-state index is 13.2. The molecule has 1 aromatic heterocycles. The number of carbonyl (C=O) groups excluding carboxylic acids is 1. The zero-order valence-electron chi connectivity index (χ0n) is 15.0. The van der Waals surface area contributed by atoms with Crippen LogP contribution in [0.3, 0.4) is 0 Å². The third-order valence-electron chi connectivity index (χ3n) is 4.08. The Morgan fingerprint density at radius 3 is 2.32 bits per heavy atom. The highest BCUT2D eigenvalue weighted by Crippen LogP contribution is 2.33. The summed E-state index contributed by atoms with van der Waals surface area (Å²) < 4.78 is 45.8. The van der Waals surface area contributed by atoms with E-state index in [2.05, 4.69) is 5.10 Å². The Bertz CT molecular complexity index is 962. The van der Waals surface area contributed by atoms with Gasteiger partial charge in [-0.2, -0.15) is 18.3 Å². The normalized spacial score (nSPS) is 11.4. The van der Waals surface area contributed by atoms with Crippen molar-refractivity contribution in [2.45, 2.75) is 19.5 Å². The van der Waals surface area contributed by atoms with Crippen LogP contribution in [0, 0.1) is 0 Å². The van der Waals surface area contributed by atoms with Crippen molar-refractivity contribution in [2.24, 2.45) is 0 Å². The molecule has 0 radical (unpaired) electrons. The Balaban J connectivity index is 1.94. The number of hydrogen-bond acceptors (Lipinski definition) is 4. The van der Waals surface area contributed by atoms with Gasteiger partial charge in [0, 0.05) is 24.6 Å². The van der Waals surface area contributed by atoms with E-state index in [1.54, 1.807) is 48.5 Å². The number of nitrogen functional groups attached to an aromatic ring is 1. The molecule has 0 aliphatic heterocycles. The molecular weight excluding hydrogens is 371 g/mol. The van der Waals surface area contributed by atoms with Crippen LogP contribution in [-0.4, -0.2) is 22.4 Å². The van der Waals surface area contributed by atoms with Crippen molar-refractivity contribution < 1.29 is 22.7 Å². The summed E-state index contributed by atoms with van der Waals surface area (Å²) >= 11 is 0. The predicted molar refractivity (Wildman–Crippen MR) is 98.8 cm³/mol. The van der Waals surface area contributed by atoms with Crippen LogP contribution in [0.5, 0.6) is 0 Å². The Hall–Kier alpha value is -3.29. The van der Waals surface area contributed by atoms with E-state index in [0.717, 1.165) is 11.6 Å². The van der Waals surface area contributed by atoms with E-state index >= 15 is 0 Å². The molecule has 0 aliphatic rings. The summed E-state index contributed by atoms with van der Waals surface area (Å²) in [6.45, 7) is 1.58. The Morgan fingerprint density at radius 1 is 1.11 bits per heavy atom. The van der Waals surface area contributed by atoms with Crippen LogP contribution in [0.2, 0.25) is 0 Å². The third-order valence-corrected chi connectivity index (χ3v) is 4.08. The Kier molecular flexibility index (Phi) is 5.39. The van der Waals surface area contributed by atoms with Gasteiger partial charge >= 0.3 is 12.1 Å². The zero-order valence-corrected chi connectivity index (χ0v) is 15.0. The first-order chi connectivity index (χ1) is 13.2. The Morgan fingerprint density at radius 2 is 1.75 bits per heavy atom. The van der Waals surface area contributed by atoms with E-state index in [9.17, 15) is 18.0 Å². The molecule has 2 aromatic carbocycles. The van der Waals surface area contributed by atoms with E-state index in [-0.39, 0.29) is 12.6 Å². The number of ether oxygens (including phenoxy) is 1. The van der Waals surface area contributed by atoms with Crippen molar-refractivity contribution in [1.82, 2.24) is 9.78 Å². The molecule has 0 aliphatic carbocycles. The SMILES string of the molecule is CC(=O)OCCc1ccc(-c2cc(C(F)(F)F)nn2-c2ccc(N)cc2)cc1. The smallest absolute Gasteiger partial charge is 0.435 e. The lowest BCUT2D eigenvalue weighted by Gasteiger charge is -2.09. The topological polar surface area (TPSA) is 70.1 Å². The average Bonchev–Trinajstić information content (AvgIpc) is 3.08. The average molecular weight is 389 g/mol. The fourth-order valence-corrected chi connectivity index (χ4v) is 2.69. The summed E-state index contributed by atoms with van der Waals surface area (Å²) in [7, 11) is 0. The van der Waals surface area contributed by atoms with Gasteiger partial charge in [-0.25, -0.2) is 4.68 Å². The van der Waals surface area contributed by atoms with Crippen molar-refractivity contribution in [3.8, 4) is 16.9 Å². The summed E-state index contributed by atoms with van der Waals surface area (Å²) in [5, 5.41) is 3.74. The molecule has 5 nitrogen and oxygen atoms in total. The minimum Gasteiger partial charge on any atom is -0.466 e. The van der Waals surface area contributed by atoms with Crippen molar-refractivity contribution in [1.29, 1.82) is 0 Å². The number of aromatic nitrogens is 2. The largest absolute Gasteiger partial charge is 0.466 e. The van der Waals surface area contributed by atoms with Crippen LogP contribution in [0.1, 0.15) is 18.2 Å². The summed E-state index contributed by atoms with van der Waals surface area (Å²) in [5.74, 6) is -0.358. The number of carbonyl (C=O) groups is 1. The molecule has 3 rings (SSSR count). The lowest BCUT2D eigenvalue weighted by atomic mass is 10.1. The van der Waals surface area contributed by atoms with Crippen molar-refractivity contribution in [3.63, 3.8) is 0 Å². The summed E-state index contributed by atoms with van der Waals surface area (Å²) in [6.07, 6.45) is -4.04. The number of anilines is 1. The molecule has 0 saturated carbocycles. The fraction of sp³-hybridized carbons (Fsp3) is 0.200. The molecule has 3 aromatic rings. The first-order valence-corrected chi connectivity index (χ1v) is 8.50. The van der Waals surface area contributed by atoms with Crippen LogP contribution < -0.4 is 5.73 Å². The molecule has 0 bridgehead atoms. The van der Waals surface area contributed by atoms with Gasteiger partial charge < -0.3 is 10.5 Å². The minimum absolute atomic E-state index is 0.246. The molecule has 2 N–H and O–H groups in total. The molecule has 0 unspecified atom stereocenters. The maximum absolute atomic E-state index is 13.2. The van der Waals surface area contributed by atoms with Gasteiger partial charge in [0.1, 0.15) is 0 Å². The fourth-order valence-electron chi connectivity index (χ4n) is 2.69. The van der Waals surface area contributed by atoms with Gasteiger partial charge in [0.15, 0.2) is 5.69 Å². The van der Waals surface area contributed by atoms with Gasteiger partial charge in [-0.1, -0.05) is 24.3 Å². The molecule has 28 heavy (non-hydrogen) atoms. The van der Waals surface area contributed by atoms with Crippen LogP contribution in [0.25, 0.3) is 16.9 Å². The standard InChI is InChI=1S/C20H18F3N3O2/c1-13(27)28-11-10-14-2-4-15(5-3-14)18-12-19(20(21,22)23)25-26(18)17-8-6-16(24)7-9-17/h2-9,12H,10-11,24H2,1H3. The highest BCUT2D eigenvalue weighted by molar-refractivity contribution is 5.66. The van der Waals surface area contributed by atoms with Crippen molar-refractivity contribution in [3.05, 3.63) is 65.9 Å². The van der Waals surface area contributed by atoms with E-state index in [1.807, 2.05) is 0 Å². The number of nitrogens with two attached hydrogens (primary N) is 1. The number of esters is 1. The maximum Gasteiger partial charge on any atom is 0.435 e. The summed E-state index contributed by atoms with van der Waals surface area (Å²) in [4.78, 5) is 10.8. The van der Waals surface area contributed by atoms with Gasteiger partial charge in [-0.05, 0) is 35.9 Å². The predicted octanol–water partition coefficient (Wildman–Crippen LogP) is 4.25. The molecule has 1 heterocycles. The van der Waals surface area contributed by atoms with E-state index in [1.165, 1.54) is 11.6 Å². The van der Waals surface area contributed by atoms with Crippen LogP contribution in [0.15, 0.2) is 54.6 Å². The highest BCUT2D eigenvalue weighted by atomic mass is 19.4. The number of hydrogen-bond donors (Lipinski definition) is 1. The molecule has 146 valence electrons. The molecule has 0 fully saturated rings. The summed E-state index contributed by atoms with van der Waals surface area (Å²) in [6, 6.07) is 14.4. The minimum atomic E-state index is -4.56. The zero-order chi connectivity index (χ0) is 20.3. The lowest BCUT2D eigenvalue weighted by Crippen LogP contribution is -2.07. The second kappa shape index (κ2) is 7.75. The van der Waals surface area contributed by atoms with Gasteiger partial charge in [-0.3, -0.25) is 4.79 Å². The second-order valence-electron chi connectivity index (χ2n) is 6.20. The second-order valence-corrected chi connectivity index (χ2v) is 6.20. The molecule has 0 spiro atoms. The third kappa shape index (κ3) is 4.51. The Labute approximate surface area is 159 Å². The number of alkyl halides is 3. The highest BCUT2D eigenvalue weighted by Gasteiger charge is 2.35. The van der Waals surface area contributed by atoms with Crippen LogP contribution >= 0.6 is 0 Å². The number of rotatable bonds is 5. The van der Waals surface area contributed by atoms with E-state index < -0.39 is 11.9 Å². The van der Waals surface area contributed by atoms with E-state index in [0.29, 0.717) is 29.1 Å². The quantitative estimate of drug-likeness (QED) is 0.523. The molecule has 0 atom stereocenters. The van der Waals surface area contributed by atoms with Gasteiger partial charge in [0.25, 0.3) is 0 Å². The first kappa shape index (κ1) is 19.5. The van der Waals surface area contributed by atoms with Gasteiger partial charge in [-0.15, -0.1) is 0 Å². The van der Waals surface area contributed by atoms with Gasteiger partial charge in [0.05, 0.1) is 18.0 Å². The molecular formula is C20H18F3N3O2. The number of nitrogens with zero attached hydrogens (tertiary/aromatic N) is 2. The van der Waals surface area contributed by atoms with Crippen molar-refractivity contribution >= 4 is 11.7 Å². The number of halogens is 3. The molecule has 8 heteroatoms. The van der Waals surface area contributed by atoms with E-state index in [4.69, 9.17) is 10.5 Å². The first-order valence-electron chi connectivity index (χ1n) is 8.50. The molecule has 0 amide bonds. The lowest BCUT2D eigenvalue weighted by molar-refractivity contribution is -0.142. The van der Waals surface area contributed by atoms with Crippen LogP contribution in [-0.2, 0) is 22.1 Å². The number of benzene rings is 2.